The van der Waals surface area contributed by atoms with E-state index in [0.717, 1.165) is 10.9 Å². The lowest BCUT2D eigenvalue weighted by Gasteiger charge is -2.10. The molecule has 0 aliphatic carbocycles. The molecular formula is C15H11N3O. The number of aliphatic hydroxyl groups is 1. The topological polar surface area (TPSA) is 61.8 Å². The van der Waals surface area contributed by atoms with E-state index in [1.165, 1.54) is 0 Å². The number of terminal acetylenes is 1. The van der Waals surface area contributed by atoms with Gasteiger partial charge in [-0.2, -0.15) is 0 Å². The van der Waals surface area contributed by atoms with E-state index >= 15 is 0 Å². The van der Waals surface area contributed by atoms with Gasteiger partial charge in [0.15, 0.2) is 0 Å². The van der Waals surface area contributed by atoms with Crippen LogP contribution in [0.3, 0.4) is 0 Å². The first-order valence-corrected chi connectivity index (χ1v) is 5.82. The van der Waals surface area contributed by atoms with Gasteiger partial charge in [0.1, 0.15) is 11.8 Å². The van der Waals surface area contributed by atoms with Crippen molar-refractivity contribution in [2.75, 3.05) is 0 Å². The SMILES string of the molecule is C#Cc1ccnc2[nH]cc(C(O)c3cccnc3)c12. The number of aliphatic hydroxyl groups excluding tert-OH is 1. The maximum Gasteiger partial charge on any atom is 0.138 e. The standard InChI is InChI=1S/C15H11N3O/c1-2-10-5-7-17-15-13(10)12(9-18-15)14(19)11-4-3-6-16-8-11/h1,3-9,14,19H,(H,17,18). The monoisotopic (exact) mass is 249 g/mol. The van der Waals surface area contributed by atoms with Crippen molar-refractivity contribution in [3.63, 3.8) is 0 Å². The van der Waals surface area contributed by atoms with Crippen molar-refractivity contribution >= 4 is 11.0 Å². The van der Waals surface area contributed by atoms with Crippen LogP contribution in [-0.2, 0) is 0 Å². The van der Waals surface area contributed by atoms with Crippen molar-refractivity contribution in [2.24, 2.45) is 0 Å². The Balaban J connectivity index is 2.19. The fraction of sp³-hybridized carbons (Fsp3) is 0.0667. The summed E-state index contributed by atoms with van der Waals surface area (Å²) in [5, 5.41) is 11.2. The van der Waals surface area contributed by atoms with Crippen molar-refractivity contribution in [2.45, 2.75) is 6.10 Å². The fourth-order valence-electron chi connectivity index (χ4n) is 2.13. The summed E-state index contributed by atoms with van der Waals surface area (Å²) in [5.74, 6) is 2.62. The van der Waals surface area contributed by atoms with Gasteiger partial charge < -0.3 is 10.1 Å². The number of hydrogen-bond donors (Lipinski definition) is 2. The smallest absolute Gasteiger partial charge is 0.138 e. The van der Waals surface area contributed by atoms with Crippen molar-refractivity contribution in [3.8, 4) is 12.3 Å². The second kappa shape index (κ2) is 4.56. The quantitative estimate of drug-likeness (QED) is 0.683. The Morgan fingerprint density at radius 3 is 2.95 bits per heavy atom. The summed E-state index contributed by atoms with van der Waals surface area (Å²) in [4.78, 5) is 11.2. The number of aromatic nitrogens is 3. The summed E-state index contributed by atoms with van der Waals surface area (Å²) in [6, 6.07) is 5.37. The number of rotatable bonds is 2. The predicted molar refractivity (Wildman–Crippen MR) is 72.3 cm³/mol. The maximum absolute atomic E-state index is 10.4. The zero-order chi connectivity index (χ0) is 13.2. The van der Waals surface area contributed by atoms with Crippen molar-refractivity contribution in [3.05, 3.63) is 59.7 Å². The van der Waals surface area contributed by atoms with Crippen LogP contribution in [0.1, 0.15) is 22.8 Å². The molecule has 0 saturated carbocycles. The third-order valence-electron chi connectivity index (χ3n) is 3.05. The largest absolute Gasteiger partial charge is 0.384 e. The van der Waals surface area contributed by atoms with Gasteiger partial charge in [-0.15, -0.1) is 6.42 Å². The maximum atomic E-state index is 10.4. The van der Waals surface area contributed by atoms with Crippen LogP contribution in [0.15, 0.2) is 43.0 Å². The highest BCUT2D eigenvalue weighted by molar-refractivity contribution is 5.86. The third kappa shape index (κ3) is 1.86. The second-order valence-corrected chi connectivity index (χ2v) is 4.16. The lowest BCUT2D eigenvalue weighted by Crippen LogP contribution is -1.99. The molecule has 3 heterocycles. The van der Waals surface area contributed by atoms with E-state index in [1.54, 1.807) is 36.9 Å². The molecule has 0 bridgehead atoms. The van der Waals surface area contributed by atoms with E-state index in [4.69, 9.17) is 6.42 Å². The zero-order valence-electron chi connectivity index (χ0n) is 10.0. The summed E-state index contributed by atoms with van der Waals surface area (Å²) in [5.41, 5.74) is 2.82. The molecule has 3 aromatic rings. The number of pyridine rings is 2. The molecule has 0 aromatic carbocycles. The molecule has 0 radical (unpaired) electrons. The Bertz CT molecular complexity index is 756. The summed E-state index contributed by atoms with van der Waals surface area (Å²) < 4.78 is 0. The van der Waals surface area contributed by atoms with Crippen LogP contribution in [0.25, 0.3) is 11.0 Å². The number of hydrogen-bond acceptors (Lipinski definition) is 3. The average molecular weight is 249 g/mol. The molecule has 1 unspecified atom stereocenters. The lowest BCUT2D eigenvalue weighted by atomic mass is 10.0. The molecule has 92 valence electrons. The molecule has 1 atom stereocenters. The molecule has 19 heavy (non-hydrogen) atoms. The number of nitrogens with one attached hydrogen (secondary N) is 1. The van der Waals surface area contributed by atoms with E-state index in [1.807, 2.05) is 6.07 Å². The molecule has 0 aliphatic heterocycles. The van der Waals surface area contributed by atoms with Crippen molar-refractivity contribution in [1.29, 1.82) is 0 Å². The predicted octanol–water partition coefficient (Wildman–Crippen LogP) is 2.02. The van der Waals surface area contributed by atoms with Crippen LogP contribution >= 0.6 is 0 Å². The van der Waals surface area contributed by atoms with Gasteiger partial charge in [0.25, 0.3) is 0 Å². The molecule has 4 heteroatoms. The van der Waals surface area contributed by atoms with Crippen LogP contribution < -0.4 is 0 Å². The molecule has 0 aliphatic rings. The summed E-state index contributed by atoms with van der Waals surface area (Å²) in [7, 11) is 0. The number of fused-ring (bicyclic) bond motifs is 1. The van der Waals surface area contributed by atoms with Crippen LogP contribution in [0.5, 0.6) is 0 Å². The van der Waals surface area contributed by atoms with E-state index in [0.29, 0.717) is 16.8 Å². The minimum absolute atomic E-state index is 0.674. The molecule has 3 aromatic heterocycles. The molecule has 0 saturated heterocycles. The van der Waals surface area contributed by atoms with E-state index in [-0.39, 0.29) is 0 Å². The summed E-state index contributed by atoms with van der Waals surface area (Å²) in [6.07, 6.45) is 11.4. The molecule has 0 amide bonds. The Kier molecular flexibility index (Phi) is 2.75. The normalized spacial score (nSPS) is 12.2. The molecule has 2 N–H and O–H groups in total. The lowest BCUT2D eigenvalue weighted by molar-refractivity contribution is 0.221. The Morgan fingerprint density at radius 1 is 1.32 bits per heavy atom. The fourth-order valence-corrected chi connectivity index (χ4v) is 2.13. The van der Waals surface area contributed by atoms with Crippen LogP contribution in [0.4, 0.5) is 0 Å². The Morgan fingerprint density at radius 2 is 2.21 bits per heavy atom. The van der Waals surface area contributed by atoms with Crippen molar-refractivity contribution in [1.82, 2.24) is 15.0 Å². The molecule has 0 fully saturated rings. The molecular weight excluding hydrogens is 238 g/mol. The highest BCUT2D eigenvalue weighted by Crippen LogP contribution is 2.29. The molecule has 3 rings (SSSR count). The van der Waals surface area contributed by atoms with Crippen LogP contribution in [0.2, 0.25) is 0 Å². The van der Waals surface area contributed by atoms with Crippen LogP contribution in [0, 0.1) is 12.3 Å². The first-order chi connectivity index (χ1) is 9.31. The van der Waals surface area contributed by atoms with Gasteiger partial charge in [0.2, 0.25) is 0 Å². The highest BCUT2D eigenvalue weighted by Gasteiger charge is 2.17. The van der Waals surface area contributed by atoms with Gasteiger partial charge in [-0.05, 0) is 12.1 Å². The van der Waals surface area contributed by atoms with E-state index < -0.39 is 6.10 Å². The first-order valence-electron chi connectivity index (χ1n) is 5.82. The van der Waals surface area contributed by atoms with Gasteiger partial charge in [-0.3, -0.25) is 4.98 Å². The molecule has 0 spiro atoms. The Hall–Kier alpha value is -2.64. The zero-order valence-corrected chi connectivity index (χ0v) is 10.0. The highest BCUT2D eigenvalue weighted by atomic mass is 16.3. The number of H-pyrrole nitrogens is 1. The summed E-state index contributed by atoms with van der Waals surface area (Å²) >= 11 is 0. The first kappa shape index (κ1) is 11.5. The van der Waals surface area contributed by atoms with Gasteiger partial charge in [-0.1, -0.05) is 12.0 Å². The number of nitrogens with zero attached hydrogens (tertiary/aromatic N) is 2. The van der Waals surface area contributed by atoms with Crippen LogP contribution in [-0.4, -0.2) is 20.1 Å². The third-order valence-corrected chi connectivity index (χ3v) is 3.05. The van der Waals surface area contributed by atoms with Gasteiger partial charge >= 0.3 is 0 Å². The summed E-state index contributed by atoms with van der Waals surface area (Å²) in [6.45, 7) is 0. The van der Waals surface area contributed by atoms with E-state index in [9.17, 15) is 5.11 Å². The second-order valence-electron chi connectivity index (χ2n) is 4.16. The van der Waals surface area contributed by atoms with Gasteiger partial charge in [-0.25, -0.2) is 4.98 Å². The van der Waals surface area contributed by atoms with Gasteiger partial charge in [0, 0.05) is 46.9 Å². The van der Waals surface area contributed by atoms with Gasteiger partial charge in [0.05, 0.1) is 0 Å². The minimum atomic E-state index is -0.779. The molecule has 4 nitrogen and oxygen atoms in total. The average Bonchev–Trinajstić information content (AvgIpc) is 2.91. The minimum Gasteiger partial charge on any atom is -0.384 e. The number of aromatic amines is 1. The van der Waals surface area contributed by atoms with E-state index in [2.05, 4.69) is 20.9 Å². The Labute approximate surface area is 110 Å². The van der Waals surface area contributed by atoms with Crippen molar-refractivity contribution < 1.29 is 5.11 Å².